The lowest BCUT2D eigenvalue weighted by molar-refractivity contribution is 0.0698. The van der Waals surface area contributed by atoms with Gasteiger partial charge in [-0.3, -0.25) is 0 Å². The van der Waals surface area contributed by atoms with Gasteiger partial charge in [-0.2, -0.15) is 0 Å². The second-order valence-corrected chi connectivity index (χ2v) is 5.76. The minimum absolute atomic E-state index is 0.0619. The fourth-order valence-electron chi connectivity index (χ4n) is 2.20. The van der Waals surface area contributed by atoms with Crippen LogP contribution in [0.1, 0.15) is 16.8 Å². The highest BCUT2D eigenvalue weighted by Crippen LogP contribution is 2.21. The fourth-order valence-corrected chi connectivity index (χ4v) is 2.56. The molecule has 0 aliphatic carbocycles. The maximum absolute atomic E-state index is 11.9. The third kappa shape index (κ3) is 3.71. The molecule has 1 heterocycles. The summed E-state index contributed by atoms with van der Waals surface area (Å²) in [5.74, 6) is -1.08. The number of urea groups is 1. The number of nitrogens with zero attached hydrogens (tertiary/aromatic N) is 1. The van der Waals surface area contributed by atoms with Gasteiger partial charge in [0.25, 0.3) is 0 Å². The van der Waals surface area contributed by atoms with Crippen LogP contribution < -0.4 is 10.6 Å². The number of halogens is 1. The van der Waals surface area contributed by atoms with E-state index in [0.29, 0.717) is 4.47 Å². The molecule has 1 atom stereocenters. The summed E-state index contributed by atoms with van der Waals surface area (Å²) in [5.41, 5.74) is 0.336. The summed E-state index contributed by atoms with van der Waals surface area (Å²) in [6, 6.07) is 4.36. The van der Waals surface area contributed by atoms with Crippen LogP contribution in [0.2, 0.25) is 0 Å². The molecule has 1 aliphatic heterocycles. The van der Waals surface area contributed by atoms with E-state index in [9.17, 15) is 9.59 Å². The Hall–Kier alpha value is -1.60. The van der Waals surface area contributed by atoms with Gasteiger partial charge in [0.15, 0.2) is 0 Å². The van der Waals surface area contributed by atoms with E-state index < -0.39 is 5.97 Å². The molecule has 0 aromatic heterocycles. The SMILES string of the molecule is CN1CCC(NC(=O)Nc2cc(Br)ccc2C(=O)O)C1. The standard InChI is InChI=1S/C13H16BrN3O3/c1-17-5-4-9(7-17)15-13(20)16-11-6-8(14)2-3-10(11)12(18)19/h2-3,6,9H,4-5,7H2,1H3,(H,18,19)(H2,15,16,20). The van der Waals surface area contributed by atoms with Crippen LogP contribution in [0, 0.1) is 0 Å². The van der Waals surface area contributed by atoms with Crippen molar-refractivity contribution < 1.29 is 14.7 Å². The monoisotopic (exact) mass is 341 g/mol. The molecule has 2 amide bonds. The summed E-state index contributed by atoms with van der Waals surface area (Å²) in [6.07, 6.45) is 0.897. The molecule has 1 saturated heterocycles. The number of hydrogen-bond acceptors (Lipinski definition) is 3. The molecule has 0 radical (unpaired) electrons. The number of likely N-dealkylation sites (tertiary alicyclic amines) is 1. The predicted octanol–water partition coefficient (Wildman–Crippen LogP) is 1.97. The maximum Gasteiger partial charge on any atom is 0.337 e. The molecule has 1 aromatic rings. The first kappa shape index (κ1) is 14.8. The molecule has 0 spiro atoms. The number of aromatic carboxylic acids is 1. The first-order valence-corrected chi connectivity index (χ1v) is 7.04. The lowest BCUT2D eigenvalue weighted by Gasteiger charge is -2.15. The van der Waals surface area contributed by atoms with Gasteiger partial charge >= 0.3 is 12.0 Å². The number of hydrogen-bond donors (Lipinski definition) is 3. The topological polar surface area (TPSA) is 81.7 Å². The highest BCUT2D eigenvalue weighted by molar-refractivity contribution is 9.10. The van der Waals surface area contributed by atoms with Crippen molar-refractivity contribution >= 4 is 33.6 Å². The number of anilines is 1. The van der Waals surface area contributed by atoms with Crippen molar-refractivity contribution in [1.82, 2.24) is 10.2 Å². The molecule has 3 N–H and O–H groups in total. The van der Waals surface area contributed by atoms with Crippen LogP contribution in [-0.4, -0.2) is 48.2 Å². The number of benzene rings is 1. The third-order valence-electron chi connectivity index (χ3n) is 3.19. The highest BCUT2D eigenvalue weighted by atomic mass is 79.9. The van der Waals surface area contributed by atoms with Gasteiger partial charge in [0.05, 0.1) is 11.3 Å². The van der Waals surface area contributed by atoms with E-state index >= 15 is 0 Å². The lowest BCUT2D eigenvalue weighted by Crippen LogP contribution is -2.39. The van der Waals surface area contributed by atoms with Crippen LogP contribution in [0.15, 0.2) is 22.7 Å². The van der Waals surface area contributed by atoms with E-state index in [-0.39, 0.29) is 23.3 Å². The van der Waals surface area contributed by atoms with Crippen molar-refractivity contribution in [2.45, 2.75) is 12.5 Å². The van der Waals surface area contributed by atoms with Gasteiger partial charge in [0, 0.05) is 17.1 Å². The van der Waals surface area contributed by atoms with Gasteiger partial charge in [-0.1, -0.05) is 15.9 Å². The Morgan fingerprint density at radius 2 is 2.20 bits per heavy atom. The van der Waals surface area contributed by atoms with E-state index in [2.05, 4.69) is 31.5 Å². The van der Waals surface area contributed by atoms with Crippen molar-refractivity contribution in [3.8, 4) is 0 Å². The Kier molecular flexibility index (Phi) is 4.61. The molecule has 7 heteroatoms. The summed E-state index contributed by atoms with van der Waals surface area (Å²) in [4.78, 5) is 25.2. The summed E-state index contributed by atoms with van der Waals surface area (Å²) >= 11 is 3.26. The molecule has 1 aliphatic rings. The van der Waals surface area contributed by atoms with Crippen LogP contribution in [0.25, 0.3) is 0 Å². The van der Waals surface area contributed by atoms with Crippen molar-refractivity contribution in [2.24, 2.45) is 0 Å². The Morgan fingerprint density at radius 3 is 2.80 bits per heavy atom. The minimum Gasteiger partial charge on any atom is -0.478 e. The van der Waals surface area contributed by atoms with Crippen LogP contribution in [0.4, 0.5) is 10.5 Å². The van der Waals surface area contributed by atoms with Crippen molar-refractivity contribution in [3.05, 3.63) is 28.2 Å². The van der Waals surface area contributed by atoms with Crippen LogP contribution >= 0.6 is 15.9 Å². The zero-order valence-corrected chi connectivity index (χ0v) is 12.6. The van der Waals surface area contributed by atoms with Crippen molar-refractivity contribution in [2.75, 3.05) is 25.5 Å². The number of carboxylic acids is 1. The lowest BCUT2D eigenvalue weighted by atomic mass is 10.2. The van der Waals surface area contributed by atoms with Gasteiger partial charge in [0.2, 0.25) is 0 Å². The van der Waals surface area contributed by atoms with E-state index in [1.54, 1.807) is 12.1 Å². The molecule has 20 heavy (non-hydrogen) atoms. The number of carbonyl (C=O) groups is 2. The zero-order valence-electron chi connectivity index (χ0n) is 11.0. The van der Waals surface area contributed by atoms with E-state index in [1.165, 1.54) is 6.07 Å². The number of likely N-dealkylation sites (N-methyl/N-ethyl adjacent to an activating group) is 1. The van der Waals surface area contributed by atoms with Gasteiger partial charge in [-0.05, 0) is 38.2 Å². The molecular formula is C13H16BrN3O3. The second-order valence-electron chi connectivity index (χ2n) is 4.84. The van der Waals surface area contributed by atoms with Crippen molar-refractivity contribution in [3.63, 3.8) is 0 Å². The zero-order chi connectivity index (χ0) is 14.7. The maximum atomic E-state index is 11.9. The molecule has 1 unspecified atom stereocenters. The molecule has 0 saturated carbocycles. The average Bonchev–Trinajstić information content (AvgIpc) is 2.74. The Balaban J connectivity index is 2.03. The Morgan fingerprint density at radius 1 is 1.45 bits per heavy atom. The summed E-state index contributed by atoms with van der Waals surface area (Å²) in [7, 11) is 2.00. The third-order valence-corrected chi connectivity index (χ3v) is 3.68. The molecule has 6 nitrogen and oxygen atoms in total. The van der Waals surface area contributed by atoms with Crippen LogP contribution in [-0.2, 0) is 0 Å². The summed E-state index contributed by atoms with van der Waals surface area (Å²) in [5, 5.41) is 14.5. The molecule has 2 rings (SSSR count). The molecule has 108 valence electrons. The second kappa shape index (κ2) is 6.23. The molecular weight excluding hydrogens is 326 g/mol. The van der Waals surface area contributed by atoms with E-state index in [4.69, 9.17) is 5.11 Å². The Labute approximate surface area is 125 Å². The normalized spacial score (nSPS) is 18.8. The number of nitrogens with one attached hydrogen (secondary N) is 2. The number of carboxylic acid groups (broad SMARTS) is 1. The van der Waals surface area contributed by atoms with Gasteiger partial charge in [-0.15, -0.1) is 0 Å². The molecule has 0 bridgehead atoms. The van der Waals surface area contributed by atoms with Gasteiger partial charge < -0.3 is 20.6 Å². The van der Waals surface area contributed by atoms with Crippen LogP contribution in [0.5, 0.6) is 0 Å². The van der Waals surface area contributed by atoms with E-state index in [1.807, 2.05) is 7.05 Å². The molecule has 1 fully saturated rings. The van der Waals surface area contributed by atoms with Crippen molar-refractivity contribution in [1.29, 1.82) is 0 Å². The first-order chi connectivity index (χ1) is 9.45. The highest BCUT2D eigenvalue weighted by Gasteiger charge is 2.21. The average molecular weight is 342 g/mol. The predicted molar refractivity (Wildman–Crippen MR) is 79.2 cm³/mol. The minimum atomic E-state index is -1.08. The van der Waals surface area contributed by atoms with Gasteiger partial charge in [0.1, 0.15) is 0 Å². The summed E-state index contributed by atoms with van der Waals surface area (Å²) < 4.78 is 0.707. The summed E-state index contributed by atoms with van der Waals surface area (Å²) in [6.45, 7) is 1.75. The smallest absolute Gasteiger partial charge is 0.337 e. The largest absolute Gasteiger partial charge is 0.478 e. The number of amides is 2. The number of rotatable bonds is 3. The quantitative estimate of drug-likeness (QED) is 0.785. The van der Waals surface area contributed by atoms with Gasteiger partial charge in [-0.25, -0.2) is 9.59 Å². The first-order valence-electron chi connectivity index (χ1n) is 6.24. The fraction of sp³-hybridized carbons (Fsp3) is 0.385. The molecule has 1 aromatic carbocycles. The number of carbonyl (C=O) groups excluding carboxylic acids is 1. The Bertz CT molecular complexity index is 536. The van der Waals surface area contributed by atoms with Crippen LogP contribution in [0.3, 0.4) is 0 Å². The van der Waals surface area contributed by atoms with E-state index in [0.717, 1.165) is 19.5 Å².